The molecule has 1 unspecified atom stereocenters. The molecule has 3 nitrogen and oxygen atoms in total. The summed E-state index contributed by atoms with van der Waals surface area (Å²) in [5.41, 5.74) is 0. The van der Waals surface area contributed by atoms with Gasteiger partial charge in [-0.05, 0) is 33.9 Å². The molecule has 0 aliphatic rings. The summed E-state index contributed by atoms with van der Waals surface area (Å²) < 4.78 is 5.07. The predicted molar refractivity (Wildman–Crippen MR) is 62.7 cm³/mol. The second-order valence-corrected chi connectivity index (χ2v) is 4.01. The van der Waals surface area contributed by atoms with Gasteiger partial charge in [-0.1, -0.05) is 19.1 Å². The molecule has 15 heavy (non-hydrogen) atoms. The van der Waals surface area contributed by atoms with Gasteiger partial charge in [-0.2, -0.15) is 0 Å². The normalized spacial score (nSPS) is 15.6. The number of carbonyl (C=O) groups is 1. The Morgan fingerprint density at radius 2 is 2.07 bits per heavy atom. The number of carbonyl (C=O) groups excluding carboxylic acids is 1. The first-order valence-electron chi connectivity index (χ1n) is 5.47. The standard InChI is InChI=1S/C12H23NO2/c1-6-8-10(3)11(9-13(4)5)12(14)15-7-2/h6,8,10-11H,7,9H2,1-5H3/b8-6+/t10-,11?/m0/s1. The van der Waals surface area contributed by atoms with Crippen LogP contribution in [-0.4, -0.2) is 38.1 Å². The monoisotopic (exact) mass is 213 g/mol. The Kier molecular flexibility index (Phi) is 7.05. The van der Waals surface area contributed by atoms with Crippen molar-refractivity contribution in [1.29, 1.82) is 0 Å². The van der Waals surface area contributed by atoms with Crippen LogP contribution >= 0.6 is 0 Å². The van der Waals surface area contributed by atoms with Crippen LogP contribution in [0.15, 0.2) is 12.2 Å². The van der Waals surface area contributed by atoms with Crippen molar-refractivity contribution in [2.24, 2.45) is 11.8 Å². The summed E-state index contributed by atoms with van der Waals surface area (Å²) in [6.45, 7) is 7.03. The van der Waals surface area contributed by atoms with Crippen molar-refractivity contribution in [2.75, 3.05) is 27.2 Å². The Hall–Kier alpha value is -0.830. The van der Waals surface area contributed by atoms with E-state index in [1.807, 2.05) is 51.9 Å². The van der Waals surface area contributed by atoms with Crippen LogP contribution in [0.4, 0.5) is 0 Å². The lowest BCUT2D eigenvalue weighted by atomic mass is 9.93. The van der Waals surface area contributed by atoms with Crippen molar-refractivity contribution in [2.45, 2.75) is 20.8 Å². The molecule has 0 aliphatic heterocycles. The van der Waals surface area contributed by atoms with Crippen molar-refractivity contribution >= 4 is 5.97 Å². The van der Waals surface area contributed by atoms with Gasteiger partial charge in [0.15, 0.2) is 0 Å². The average molecular weight is 213 g/mol. The largest absolute Gasteiger partial charge is 0.466 e. The van der Waals surface area contributed by atoms with Crippen molar-refractivity contribution in [1.82, 2.24) is 4.90 Å². The fraction of sp³-hybridized carbons (Fsp3) is 0.750. The smallest absolute Gasteiger partial charge is 0.310 e. The van der Waals surface area contributed by atoms with Gasteiger partial charge in [0.1, 0.15) is 0 Å². The van der Waals surface area contributed by atoms with E-state index in [1.165, 1.54) is 0 Å². The van der Waals surface area contributed by atoms with Gasteiger partial charge in [-0.3, -0.25) is 4.79 Å². The molecule has 0 bridgehead atoms. The zero-order chi connectivity index (χ0) is 11.8. The molecule has 0 saturated carbocycles. The van der Waals surface area contributed by atoms with E-state index in [2.05, 4.69) is 0 Å². The Morgan fingerprint density at radius 1 is 1.47 bits per heavy atom. The molecule has 0 amide bonds. The molecule has 0 aromatic heterocycles. The lowest BCUT2D eigenvalue weighted by Gasteiger charge is -2.23. The molecule has 3 heteroatoms. The first-order valence-corrected chi connectivity index (χ1v) is 5.47. The third-order valence-corrected chi connectivity index (χ3v) is 2.28. The lowest BCUT2D eigenvalue weighted by molar-refractivity contribution is -0.149. The number of esters is 1. The average Bonchev–Trinajstić information content (AvgIpc) is 2.14. The highest BCUT2D eigenvalue weighted by molar-refractivity contribution is 5.73. The van der Waals surface area contributed by atoms with E-state index in [1.54, 1.807) is 0 Å². The lowest BCUT2D eigenvalue weighted by Crippen LogP contribution is -2.33. The van der Waals surface area contributed by atoms with E-state index in [9.17, 15) is 4.79 Å². The maximum Gasteiger partial charge on any atom is 0.310 e. The van der Waals surface area contributed by atoms with E-state index >= 15 is 0 Å². The van der Waals surface area contributed by atoms with Gasteiger partial charge >= 0.3 is 5.97 Å². The highest BCUT2D eigenvalue weighted by Crippen LogP contribution is 2.16. The molecule has 0 aromatic rings. The molecule has 0 N–H and O–H groups in total. The first-order chi connectivity index (χ1) is 7.02. The maximum atomic E-state index is 11.7. The molecule has 0 aromatic carbocycles. The van der Waals surface area contributed by atoms with Crippen molar-refractivity contribution in [3.63, 3.8) is 0 Å². The Balaban J connectivity index is 4.48. The number of hydrogen-bond acceptors (Lipinski definition) is 3. The minimum atomic E-state index is -0.100. The van der Waals surface area contributed by atoms with E-state index < -0.39 is 0 Å². The van der Waals surface area contributed by atoms with Crippen molar-refractivity contribution in [3.8, 4) is 0 Å². The van der Waals surface area contributed by atoms with Gasteiger partial charge in [0.25, 0.3) is 0 Å². The number of nitrogens with zero attached hydrogens (tertiary/aromatic N) is 1. The fourth-order valence-corrected chi connectivity index (χ4v) is 1.54. The SMILES string of the molecule is C/C=C/[C@H](C)C(CN(C)C)C(=O)OCC. The summed E-state index contributed by atoms with van der Waals surface area (Å²) >= 11 is 0. The van der Waals surface area contributed by atoms with Gasteiger partial charge in [0.2, 0.25) is 0 Å². The highest BCUT2D eigenvalue weighted by atomic mass is 16.5. The number of hydrogen-bond donors (Lipinski definition) is 0. The molecule has 0 heterocycles. The molecule has 0 rings (SSSR count). The van der Waals surface area contributed by atoms with Gasteiger partial charge in [0, 0.05) is 6.54 Å². The predicted octanol–water partition coefficient (Wildman–Crippen LogP) is 1.94. The topological polar surface area (TPSA) is 29.5 Å². The third kappa shape index (κ3) is 5.57. The van der Waals surface area contributed by atoms with Gasteiger partial charge < -0.3 is 9.64 Å². The number of rotatable bonds is 6. The zero-order valence-corrected chi connectivity index (χ0v) is 10.5. The molecular weight excluding hydrogens is 190 g/mol. The summed E-state index contributed by atoms with van der Waals surface area (Å²) in [6, 6.07) is 0. The van der Waals surface area contributed by atoms with Gasteiger partial charge in [-0.25, -0.2) is 0 Å². The van der Waals surface area contributed by atoms with Crippen molar-refractivity contribution < 1.29 is 9.53 Å². The Bertz CT molecular complexity index is 212. The van der Waals surface area contributed by atoms with Gasteiger partial charge in [0.05, 0.1) is 12.5 Å². The Morgan fingerprint density at radius 3 is 2.47 bits per heavy atom. The van der Waals surface area contributed by atoms with Crippen LogP contribution in [0.2, 0.25) is 0 Å². The van der Waals surface area contributed by atoms with E-state index in [0.717, 1.165) is 6.54 Å². The van der Waals surface area contributed by atoms with Crippen molar-refractivity contribution in [3.05, 3.63) is 12.2 Å². The Labute approximate surface area is 93.1 Å². The van der Waals surface area contributed by atoms with E-state index in [0.29, 0.717) is 6.61 Å². The fourth-order valence-electron chi connectivity index (χ4n) is 1.54. The van der Waals surface area contributed by atoms with Crippen LogP contribution in [-0.2, 0) is 9.53 Å². The second kappa shape index (κ2) is 7.46. The quantitative estimate of drug-likeness (QED) is 0.499. The van der Waals surface area contributed by atoms with Crippen LogP contribution in [0.5, 0.6) is 0 Å². The number of allylic oxidation sites excluding steroid dienone is 2. The van der Waals surface area contributed by atoms with Crippen LogP contribution in [0.3, 0.4) is 0 Å². The maximum absolute atomic E-state index is 11.7. The molecule has 0 fully saturated rings. The van der Waals surface area contributed by atoms with E-state index in [-0.39, 0.29) is 17.8 Å². The summed E-state index contributed by atoms with van der Waals surface area (Å²) in [5, 5.41) is 0. The third-order valence-electron chi connectivity index (χ3n) is 2.28. The zero-order valence-electron chi connectivity index (χ0n) is 10.5. The molecule has 0 radical (unpaired) electrons. The summed E-state index contributed by atoms with van der Waals surface area (Å²) in [7, 11) is 3.93. The van der Waals surface area contributed by atoms with Crippen LogP contribution < -0.4 is 0 Å². The first kappa shape index (κ1) is 14.2. The van der Waals surface area contributed by atoms with Crippen LogP contribution in [0.25, 0.3) is 0 Å². The molecular formula is C12H23NO2. The highest BCUT2D eigenvalue weighted by Gasteiger charge is 2.25. The number of ether oxygens (including phenoxy) is 1. The van der Waals surface area contributed by atoms with Gasteiger partial charge in [-0.15, -0.1) is 0 Å². The van der Waals surface area contributed by atoms with Crippen LogP contribution in [0, 0.1) is 11.8 Å². The second-order valence-electron chi connectivity index (χ2n) is 4.01. The molecule has 0 aliphatic carbocycles. The minimum Gasteiger partial charge on any atom is -0.466 e. The molecule has 88 valence electrons. The summed E-state index contributed by atoms with van der Waals surface area (Å²) in [6.07, 6.45) is 4.03. The summed E-state index contributed by atoms with van der Waals surface area (Å²) in [4.78, 5) is 13.7. The molecule has 2 atom stereocenters. The summed E-state index contributed by atoms with van der Waals surface area (Å²) in [5.74, 6) is 0.0457. The van der Waals surface area contributed by atoms with Crippen LogP contribution in [0.1, 0.15) is 20.8 Å². The minimum absolute atomic E-state index is 0.0730. The molecule has 0 saturated heterocycles. The van der Waals surface area contributed by atoms with E-state index in [4.69, 9.17) is 4.74 Å². The molecule has 0 spiro atoms.